The number of nitrogens with one attached hydrogen (secondary N) is 2. The summed E-state index contributed by atoms with van der Waals surface area (Å²) in [6, 6.07) is 17.6. The van der Waals surface area contributed by atoms with E-state index in [2.05, 4.69) is 27.7 Å². The van der Waals surface area contributed by atoms with E-state index in [4.69, 9.17) is 0 Å². The average molecular weight is 354 g/mol. The highest BCUT2D eigenvalue weighted by molar-refractivity contribution is 5.89. The van der Waals surface area contributed by atoms with Crippen molar-refractivity contribution in [3.8, 4) is 0 Å². The Hall–Kier alpha value is -3.02. The molecule has 2 aromatic carbocycles. The zero-order valence-corrected chi connectivity index (χ0v) is 15.5. The van der Waals surface area contributed by atoms with Crippen molar-refractivity contribution in [1.29, 1.82) is 0 Å². The van der Waals surface area contributed by atoms with Crippen LogP contribution in [0.4, 0.5) is 16.2 Å². The molecular formula is C20H26N4O2. The van der Waals surface area contributed by atoms with E-state index in [1.807, 2.05) is 49.5 Å². The molecule has 0 saturated carbocycles. The van der Waals surface area contributed by atoms with Crippen LogP contribution >= 0.6 is 0 Å². The van der Waals surface area contributed by atoms with Gasteiger partial charge in [0.05, 0.1) is 0 Å². The summed E-state index contributed by atoms with van der Waals surface area (Å²) < 4.78 is 0. The smallest absolute Gasteiger partial charge is 0.319 e. The Morgan fingerprint density at radius 2 is 1.58 bits per heavy atom. The summed E-state index contributed by atoms with van der Waals surface area (Å²) in [7, 11) is 5.42. The number of carbonyl (C=O) groups is 2. The number of hydrogen-bond acceptors (Lipinski definition) is 3. The summed E-state index contributed by atoms with van der Waals surface area (Å²) in [5.74, 6) is -0.0175. The lowest BCUT2D eigenvalue weighted by Crippen LogP contribution is -2.33. The van der Waals surface area contributed by atoms with Gasteiger partial charge in [0.25, 0.3) is 0 Å². The lowest BCUT2D eigenvalue weighted by Gasteiger charge is -2.20. The zero-order chi connectivity index (χ0) is 18.9. The summed E-state index contributed by atoms with van der Waals surface area (Å²) >= 11 is 0. The minimum absolute atomic E-state index is 0.0175. The predicted molar refractivity (Wildman–Crippen MR) is 105 cm³/mol. The first-order valence-corrected chi connectivity index (χ1v) is 8.56. The molecule has 6 heteroatoms. The number of hydrogen-bond donors (Lipinski definition) is 2. The van der Waals surface area contributed by atoms with Gasteiger partial charge in [0, 0.05) is 52.0 Å². The monoisotopic (exact) mass is 354 g/mol. The zero-order valence-electron chi connectivity index (χ0n) is 15.5. The maximum atomic E-state index is 11.9. The number of nitrogens with zero attached hydrogens (tertiary/aromatic N) is 2. The van der Waals surface area contributed by atoms with E-state index in [0.717, 1.165) is 12.2 Å². The van der Waals surface area contributed by atoms with Gasteiger partial charge in [-0.15, -0.1) is 0 Å². The van der Waals surface area contributed by atoms with Gasteiger partial charge in [-0.2, -0.15) is 0 Å². The Bertz CT molecular complexity index is 714. The van der Waals surface area contributed by atoms with Gasteiger partial charge in [-0.05, 0) is 29.8 Å². The van der Waals surface area contributed by atoms with E-state index < -0.39 is 0 Å². The number of benzene rings is 2. The molecule has 6 nitrogen and oxygen atoms in total. The highest BCUT2D eigenvalue weighted by Crippen LogP contribution is 2.18. The van der Waals surface area contributed by atoms with Crippen molar-refractivity contribution >= 4 is 23.3 Å². The predicted octanol–water partition coefficient (Wildman–Crippen LogP) is 2.92. The molecule has 0 unspecified atom stereocenters. The first-order chi connectivity index (χ1) is 12.5. The number of rotatable bonds is 7. The SMILES string of the molecule is CN(C)C(=O)CCNC(=O)Nc1ccc(N(C)Cc2ccccc2)cc1. The molecule has 2 aromatic rings. The van der Waals surface area contributed by atoms with Gasteiger partial charge < -0.3 is 20.4 Å². The van der Waals surface area contributed by atoms with Crippen LogP contribution in [-0.2, 0) is 11.3 Å². The summed E-state index contributed by atoms with van der Waals surface area (Å²) in [6.45, 7) is 1.12. The van der Waals surface area contributed by atoms with Crippen molar-refractivity contribution < 1.29 is 9.59 Å². The topological polar surface area (TPSA) is 64.7 Å². The highest BCUT2D eigenvalue weighted by Gasteiger charge is 2.07. The van der Waals surface area contributed by atoms with Crippen molar-refractivity contribution in [2.45, 2.75) is 13.0 Å². The van der Waals surface area contributed by atoms with Crippen LogP contribution in [0, 0.1) is 0 Å². The quantitative estimate of drug-likeness (QED) is 0.803. The molecule has 0 fully saturated rings. The van der Waals surface area contributed by atoms with Crippen molar-refractivity contribution in [3.05, 3.63) is 60.2 Å². The van der Waals surface area contributed by atoms with Crippen LogP contribution in [0.25, 0.3) is 0 Å². The van der Waals surface area contributed by atoms with E-state index in [1.54, 1.807) is 14.1 Å². The molecule has 138 valence electrons. The number of urea groups is 1. The van der Waals surface area contributed by atoms with Gasteiger partial charge >= 0.3 is 6.03 Å². The molecule has 26 heavy (non-hydrogen) atoms. The number of carbonyl (C=O) groups excluding carboxylic acids is 2. The van der Waals surface area contributed by atoms with Crippen LogP contribution in [0.5, 0.6) is 0 Å². The third-order valence-corrected chi connectivity index (χ3v) is 3.95. The van der Waals surface area contributed by atoms with E-state index in [9.17, 15) is 9.59 Å². The second kappa shape index (κ2) is 9.46. The van der Waals surface area contributed by atoms with E-state index in [0.29, 0.717) is 12.2 Å². The largest absolute Gasteiger partial charge is 0.370 e. The van der Waals surface area contributed by atoms with E-state index in [1.165, 1.54) is 10.5 Å². The molecule has 0 bridgehead atoms. The van der Waals surface area contributed by atoms with Crippen LogP contribution < -0.4 is 15.5 Å². The second-order valence-corrected chi connectivity index (χ2v) is 6.31. The van der Waals surface area contributed by atoms with E-state index in [-0.39, 0.29) is 18.4 Å². The van der Waals surface area contributed by atoms with Gasteiger partial charge in [0.2, 0.25) is 5.91 Å². The fraction of sp³-hybridized carbons (Fsp3) is 0.300. The maximum Gasteiger partial charge on any atom is 0.319 e. The molecule has 0 spiro atoms. The fourth-order valence-electron chi connectivity index (χ4n) is 2.43. The van der Waals surface area contributed by atoms with Gasteiger partial charge in [-0.3, -0.25) is 4.79 Å². The van der Waals surface area contributed by atoms with Crippen molar-refractivity contribution in [3.63, 3.8) is 0 Å². The van der Waals surface area contributed by atoms with Crippen LogP contribution in [-0.4, -0.2) is 44.5 Å². The molecule has 0 heterocycles. The third-order valence-electron chi connectivity index (χ3n) is 3.95. The molecule has 0 aliphatic carbocycles. The van der Waals surface area contributed by atoms with Crippen LogP contribution in [0.3, 0.4) is 0 Å². The fourth-order valence-corrected chi connectivity index (χ4v) is 2.43. The molecule has 0 aliphatic rings. The number of anilines is 2. The van der Waals surface area contributed by atoms with Gasteiger partial charge in [-0.25, -0.2) is 4.79 Å². The van der Waals surface area contributed by atoms with Gasteiger partial charge in [0.1, 0.15) is 0 Å². The molecular weight excluding hydrogens is 328 g/mol. The third kappa shape index (κ3) is 6.12. The Morgan fingerprint density at radius 3 is 2.19 bits per heavy atom. The second-order valence-electron chi connectivity index (χ2n) is 6.31. The lowest BCUT2D eigenvalue weighted by atomic mass is 10.2. The molecule has 0 radical (unpaired) electrons. The minimum Gasteiger partial charge on any atom is -0.370 e. The Morgan fingerprint density at radius 1 is 0.923 bits per heavy atom. The van der Waals surface area contributed by atoms with Crippen molar-refractivity contribution in [2.75, 3.05) is 37.9 Å². The molecule has 0 aromatic heterocycles. The van der Waals surface area contributed by atoms with Crippen LogP contribution in [0.15, 0.2) is 54.6 Å². The standard InChI is InChI=1S/C20H26N4O2/c1-23(2)19(25)13-14-21-20(26)22-17-9-11-18(12-10-17)24(3)15-16-7-5-4-6-8-16/h4-12H,13-15H2,1-3H3,(H2,21,22,26). The normalized spacial score (nSPS) is 10.1. The first kappa shape index (κ1) is 19.3. The van der Waals surface area contributed by atoms with Crippen LogP contribution in [0.1, 0.15) is 12.0 Å². The Kier molecular flexibility index (Phi) is 7.02. The average Bonchev–Trinajstić information content (AvgIpc) is 2.63. The van der Waals surface area contributed by atoms with Gasteiger partial charge in [-0.1, -0.05) is 30.3 Å². The first-order valence-electron chi connectivity index (χ1n) is 8.56. The summed E-state index contributed by atoms with van der Waals surface area (Å²) in [5.41, 5.74) is 3.01. The molecule has 2 N–H and O–H groups in total. The minimum atomic E-state index is -0.318. The maximum absolute atomic E-state index is 11.9. The molecule has 0 atom stereocenters. The summed E-state index contributed by atoms with van der Waals surface area (Å²) in [6.07, 6.45) is 0.281. The summed E-state index contributed by atoms with van der Waals surface area (Å²) in [4.78, 5) is 27.0. The Labute approximate surface area is 154 Å². The van der Waals surface area contributed by atoms with Crippen LogP contribution in [0.2, 0.25) is 0 Å². The molecule has 3 amide bonds. The number of amides is 3. The van der Waals surface area contributed by atoms with Crippen molar-refractivity contribution in [1.82, 2.24) is 10.2 Å². The Balaban J connectivity index is 1.81. The molecule has 2 rings (SSSR count). The van der Waals surface area contributed by atoms with Crippen molar-refractivity contribution in [2.24, 2.45) is 0 Å². The lowest BCUT2D eigenvalue weighted by molar-refractivity contribution is -0.128. The highest BCUT2D eigenvalue weighted by atomic mass is 16.2. The summed E-state index contributed by atoms with van der Waals surface area (Å²) in [5, 5.41) is 5.45. The van der Waals surface area contributed by atoms with E-state index >= 15 is 0 Å². The van der Waals surface area contributed by atoms with Gasteiger partial charge in [0.15, 0.2) is 0 Å². The molecule has 0 aliphatic heterocycles. The molecule has 0 saturated heterocycles.